The highest BCUT2D eigenvalue weighted by atomic mass is 35.5. The normalized spacial score (nSPS) is 18.1. The van der Waals surface area contributed by atoms with Crippen LogP contribution in [0.3, 0.4) is 0 Å². The molecule has 1 unspecified atom stereocenters. The predicted molar refractivity (Wildman–Crippen MR) is 81.9 cm³/mol. The van der Waals surface area contributed by atoms with Crippen molar-refractivity contribution in [1.29, 1.82) is 0 Å². The van der Waals surface area contributed by atoms with E-state index in [1.807, 2.05) is 17.5 Å². The monoisotopic (exact) mass is 278 g/mol. The number of hydrogen-bond acceptors (Lipinski definition) is 3. The van der Waals surface area contributed by atoms with Gasteiger partial charge in [-0.15, -0.1) is 23.7 Å². The van der Waals surface area contributed by atoms with Gasteiger partial charge in [0.25, 0.3) is 0 Å². The zero-order chi connectivity index (χ0) is 11.8. The van der Waals surface area contributed by atoms with Gasteiger partial charge >= 0.3 is 0 Å². The maximum absolute atomic E-state index is 4.57. The molecule has 0 radical (unpaired) electrons. The minimum Gasteiger partial charge on any atom is -0.353 e. The Kier molecular flexibility index (Phi) is 3.73. The molecule has 0 amide bonds. The number of nitrogens with zero attached hydrogens (tertiary/aromatic N) is 1. The van der Waals surface area contributed by atoms with E-state index in [1.165, 1.54) is 26.1 Å². The van der Waals surface area contributed by atoms with Crippen LogP contribution in [0.25, 0.3) is 10.1 Å². The molecule has 0 fully saturated rings. The molecule has 1 aromatic carbocycles. The van der Waals surface area contributed by atoms with E-state index < -0.39 is 0 Å². The lowest BCUT2D eigenvalue weighted by molar-refractivity contribution is 0.824. The lowest BCUT2D eigenvalue weighted by atomic mass is 9.97. The molecule has 1 aliphatic heterocycles. The first kappa shape index (κ1) is 13.1. The molecule has 0 spiro atoms. The SMILES string of the molecule is CC1=CNC=NC1c1c(C)sc2ccccc12.Cl. The van der Waals surface area contributed by atoms with Crippen LogP contribution in [0.5, 0.6) is 0 Å². The molecule has 0 bridgehead atoms. The van der Waals surface area contributed by atoms with Crippen LogP contribution in [-0.4, -0.2) is 6.34 Å². The average molecular weight is 279 g/mol. The second-order valence-corrected chi connectivity index (χ2v) is 5.56. The first-order valence-electron chi connectivity index (χ1n) is 5.70. The number of aryl methyl sites for hydroxylation is 1. The highest BCUT2D eigenvalue weighted by molar-refractivity contribution is 7.19. The van der Waals surface area contributed by atoms with Gasteiger partial charge in [0, 0.05) is 21.3 Å². The van der Waals surface area contributed by atoms with Crippen molar-refractivity contribution in [3.05, 3.63) is 46.5 Å². The van der Waals surface area contributed by atoms with Gasteiger partial charge in [0.05, 0.1) is 6.34 Å². The van der Waals surface area contributed by atoms with E-state index in [2.05, 4.69) is 48.4 Å². The summed E-state index contributed by atoms with van der Waals surface area (Å²) in [5.41, 5.74) is 2.62. The van der Waals surface area contributed by atoms with Gasteiger partial charge in [-0.3, -0.25) is 4.99 Å². The number of aliphatic imine (C=N–C) groups is 1. The molecule has 0 saturated carbocycles. The first-order valence-corrected chi connectivity index (χ1v) is 6.51. The molecule has 1 atom stereocenters. The van der Waals surface area contributed by atoms with Crippen LogP contribution in [0.2, 0.25) is 0 Å². The molecule has 2 aromatic rings. The van der Waals surface area contributed by atoms with Gasteiger partial charge in [0.2, 0.25) is 0 Å². The summed E-state index contributed by atoms with van der Waals surface area (Å²) in [5.74, 6) is 0. The summed E-state index contributed by atoms with van der Waals surface area (Å²) in [5, 5.41) is 4.38. The Labute approximate surface area is 117 Å². The van der Waals surface area contributed by atoms with E-state index in [9.17, 15) is 0 Å². The summed E-state index contributed by atoms with van der Waals surface area (Å²) >= 11 is 1.85. The highest BCUT2D eigenvalue weighted by Crippen LogP contribution is 2.39. The molecular weight excluding hydrogens is 264 g/mol. The molecule has 1 N–H and O–H groups in total. The van der Waals surface area contributed by atoms with E-state index in [0.29, 0.717) is 0 Å². The fourth-order valence-electron chi connectivity index (χ4n) is 2.31. The second-order valence-electron chi connectivity index (χ2n) is 4.30. The summed E-state index contributed by atoms with van der Waals surface area (Å²) < 4.78 is 1.35. The summed E-state index contributed by atoms with van der Waals surface area (Å²) in [6.45, 7) is 4.31. The van der Waals surface area contributed by atoms with Crippen LogP contribution in [0.15, 0.2) is 41.0 Å². The molecule has 1 aromatic heterocycles. The van der Waals surface area contributed by atoms with Gasteiger partial charge in [-0.05, 0) is 30.9 Å². The fourth-order valence-corrected chi connectivity index (χ4v) is 3.41. The summed E-state index contributed by atoms with van der Waals surface area (Å²) in [6, 6.07) is 8.74. The van der Waals surface area contributed by atoms with Crippen LogP contribution < -0.4 is 5.32 Å². The quantitative estimate of drug-likeness (QED) is 0.830. The molecule has 3 rings (SSSR count). The maximum atomic E-state index is 4.57. The molecule has 2 nitrogen and oxygen atoms in total. The van der Waals surface area contributed by atoms with Crippen LogP contribution >= 0.6 is 23.7 Å². The molecule has 0 saturated heterocycles. The number of thiophene rings is 1. The predicted octanol–water partition coefficient (Wildman–Crippen LogP) is 4.21. The van der Waals surface area contributed by atoms with Crippen molar-refractivity contribution < 1.29 is 0 Å². The van der Waals surface area contributed by atoms with Crippen molar-refractivity contribution in [3.63, 3.8) is 0 Å². The molecule has 94 valence electrons. The largest absolute Gasteiger partial charge is 0.353 e. The Morgan fingerprint density at radius 2 is 2.00 bits per heavy atom. The molecule has 18 heavy (non-hydrogen) atoms. The summed E-state index contributed by atoms with van der Waals surface area (Å²) in [6.07, 6.45) is 3.81. The number of halogens is 1. The number of hydrogen-bond donors (Lipinski definition) is 1. The standard InChI is InChI=1S/C14H14N2S.ClH/c1-9-7-15-8-16-14(9)13-10(2)17-12-6-4-3-5-11(12)13;/h3-8,14H,1-2H3,(H,15,16);1H. The van der Waals surface area contributed by atoms with Crippen molar-refractivity contribution in [2.45, 2.75) is 19.9 Å². The lowest BCUT2D eigenvalue weighted by Gasteiger charge is -2.17. The van der Waals surface area contributed by atoms with Crippen molar-refractivity contribution >= 4 is 40.2 Å². The van der Waals surface area contributed by atoms with Crippen LogP contribution in [0.1, 0.15) is 23.4 Å². The lowest BCUT2D eigenvalue weighted by Crippen LogP contribution is -2.13. The molecule has 4 heteroatoms. The summed E-state index contributed by atoms with van der Waals surface area (Å²) in [7, 11) is 0. The summed E-state index contributed by atoms with van der Waals surface area (Å²) in [4.78, 5) is 5.93. The van der Waals surface area contributed by atoms with Gasteiger partial charge in [0.15, 0.2) is 0 Å². The van der Waals surface area contributed by atoms with Gasteiger partial charge in [-0.25, -0.2) is 0 Å². The average Bonchev–Trinajstić information content (AvgIpc) is 2.66. The smallest absolute Gasteiger partial charge is 0.101 e. The number of benzene rings is 1. The van der Waals surface area contributed by atoms with Crippen LogP contribution in [0, 0.1) is 6.92 Å². The van der Waals surface area contributed by atoms with Crippen molar-refractivity contribution in [2.75, 3.05) is 0 Å². The number of fused-ring (bicyclic) bond motifs is 1. The number of rotatable bonds is 1. The van der Waals surface area contributed by atoms with E-state index in [0.717, 1.165) is 0 Å². The van der Waals surface area contributed by atoms with Gasteiger partial charge in [0.1, 0.15) is 6.04 Å². The minimum absolute atomic E-state index is 0. The van der Waals surface area contributed by atoms with Gasteiger partial charge in [-0.1, -0.05) is 18.2 Å². The van der Waals surface area contributed by atoms with Gasteiger partial charge in [-0.2, -0.15) is 0 Å². The zero-order valence-electron chi connectivity index (χ0n) is 10.3. The van der Waals surface area contributed by atoms with Gasteiger partial charge < -0.3 is 5.32 Å². The fraction of sp³-hybridized carbons (Fsp3) is 0.214. The minimum atomic E-state index is 0. The van der Waals surface area contributed by atoms with E-state index in [1.54, 1.807) is 6.34 Å². The molecular formula is C14H15ClN2S. The zero-order valence-corrected chi connectivity index (χ0v) is 11.9. The van der Waals surface area contributed by atoms with E-state index >= 15 is 0 Å². The Bertz CT molecular complexity index is 628. The highest BCUT2D eigenvalue weighted by Gasteiger charge is 2.20. The van der Waals surface area contributed by atoms with Crippen LogP contribution in [0.4, 0.5) is 0 Å². The van der Waals surface area contributed by atoms with E-state index in [4.69, 9.17) is 0 Å². The molecule has 2 heterocycles. The van der Waals surface area contributed by atoms with E-state index in [-0.39, 0.29) is 18.4 Å². The third-order valence-corrected chi connectivity index (χ3v) is 4.24. The van der Waals surface area contributed by atoms with Crippen molar-refractivity contribution in [3.8, 4) is 0 Å². The Morgan fingerprint density at radius 1 is 1.22 bits per heavy atom. The maximum Gasteiger partial charge on any atom is 0.101 e. The molecule has 0 aliphatic carbocycles. The Balaban J connectivity index is 0.00000120. The van der Waals surface area contributed by atoms with Crippen molar-refractivity contribution in [1.82, 2.24) is 5.32 Å². The Morgan fingerprint density at radius 3 is 2.78 bits per heavy atom. The third kappa shape index (κ3) is 2.04. The number of nitrogens with one attached hydrogen (secondary N) is 1. The molecule has 1 aliphatic rings. The topological polar surface area (TPSA) is 24.4 Å². The Hall–Kier alpha value is -1.32. The van der Waals surface area contributed by atoms with Crippen LogP contribution in [-0.2, 0) is 0 Å². The van der Waals surface area contributed by atoms with Crippen molar-refractivity contribution in [2.24, 2.45) is 4.99 Å². The first-order chi connectivity index (χ1) is 8.27. The third-order valence-electron chi connectivity index (χ3n) is 3.13. The second kappa shape index (κ2) is 5.12.